The van der Waals surface area contributed by atoms with Crippen molar-refractivity contribution in [2.24, 2.45) is 5.92 Å². The minimum Gasteiger partial charge on any atom is -0.388 e. The van der Waals surface area contributed by atoms with E-state index in [2.05, 4.69) is 24.1 Å². The highest BCUT2D eigenvalue weighted by atomic mass is 16.2. The van der Waals surface area contributed by atoms with E-state index in [4.69, 9.17) is 0 Å². The molecule has 1 saturated heterocycles. The molecule has 2 heterocycles. The SMILES string of the molecule is CNc1ccnc(C(=O)N2CCCC2C(C)C)c1. The lowest BCUT2D eigenvalue weighted by molar-refractivity contribution is 0.0695. The highest BCUT2D eigenvalue weighted by Gasteiger charge is 2.31. The molecule has 18 heavy (non-hydrogen) atoms. The van der Waals surface area contributed by atoms with Crippen molar-refractivity contribution < 1.29 is 4.79 Å². The fourth-order valence-electron chi connectivity index (χ4n) is 2.59. The van der Waals surface area contributed by atoms with E-state index in [9.17, 15) is 4.79 Å². The van der Waals surface area contributed by atoms with Crippen molar-refractivity contribution in [2.75, 3.05) is 18.9 Å². The van der Waals surface area contributed by atoms with E-state index < -0.39 is 0 Å². The third-order valence-corrected chi connectivity index (χ3v) is 3.60. The average Bonchev–Trinajstić information content (AvgIpc) is 2.87. The highest BCUT2D eigenvalue weighted by Crippen LogP contribution is 2.25. The molecule has 1 aromatic rings. The van der Waals surface area contributed by atoms with Crippen molar-refractivity contribution in [2.45, 2.75) is 32.7 Å². The third kappa shape index (κ3) is 2.47. The van der Waals surface area contributed by atoms with Crippen LogP contribution in [0.5, 0.6) is 0 Å². The van der Waals surface area contributed by atoms with E-state index in [1.54, 1.807) is 6.20 Å². The van der Waals surface area contributed by atoms with Gasteiger partial charge in [0, 0.05) is 31.5 Å². The monoisotopic (exact) mass is 247 g/mol. The van der Waals surface area contributed by atoms with Crippen LogP contribution >= 0.6 is 0 Å². The second kappa shape index (κ2) is 5.38. The van der Waals surface area contributed by atoms with Gasteiger partial charge in [0.05, 0.1) is 0 Å². The van der Waals surface area contributed by atoms with E-state index in [0.717, 1.165) is 25.1 Å². The van der Waals surface area contributed by atoms with Crippen molar-refractivity contribution in [3.05, 3.63) is 24.0 Å². The molecule has 0 spiro atoms. The summed E-state index contributed by atoms with van der Waals surface area (Å²) in [5.74, 6) is 0.562. The Hall–Kier alpha value is -1.58. The second-order valence-corrected chi connectivity index (χ2v) is 5.13. The largest absolute Gasteiger partial charge is 0.388 e. The first-order chi connectivity index (χ1) is 8.63. The van der Waals surface area contributed by atoms with Gasteiger partial charge in [-0.15, -0.1) is 0 Å². The Morgan fingerprint density at radius 2 is 2.33 bits per heavy atom. The molecule has 0 bridgehead atoms. The smallest absolute Gasteiger partial charge is 0.272 e. The Labute approximate surface area is 108 Å². The molecule has 2 rings (SSSR count). The number of carbonyl (C=O) groups excluding carboxylic acids is 1. The van der Waals surface area contributed by atoms with Gasteiger partial charge in [0.15, 0.2) is 0 Å². The summed E-state index contributed by atoms with van der Waals surface area (Å²) in [7, 11) is 1.84. The number of hydrogen-bond acceptors (Lipinski definition) is 3. The van der Waals surface area contributed by atoms with E-state index in [1.807, 2.05) is 24.1 Å². The molecule has 0 aliphatic carbocycles. The fraction of sp³-hybridized carbons (Fsp3) is 0.571. The Bertz CT molecular complexity index is 431. The molecule has 0 saturated carbocycles. The first kappa shape index (κ1) is 12.9. The lowest BCUT2D eigenvalue weighted by atomic mass is 10.0. The van der Waals surface area contributed by atoms with Crippen LogP contribution in [0, 0.1) is 5.92 Å². The maximum Gasteiger partial charge on any atom is 0.272 e. The van der Waals surface area contributed by atoms with Crippen LogP contribution in [0.4, 0.5) is 5.69 Å². The minimum atomic E-state index is 0.0586. The maximum atomic E-state index is 12.5. The summed E-state index contributed by atoms with van der Waals surface area (Å²) in [6.45, 7) is 5.20. The second-order valence-electron chi connectivity index (χ2n) is 5.13. The van der Waals surface area contributed by atoms with Crippen LogP contribution in [-0.2, 0) is 0 Å². The van der Waals surface area contributed by atoms with Crippen molar-refractivity contribution in [1.82, 2.24) is 9.88 Å². The van der Waals surface area contributed by atoms with Crippen LogP contribution in [0.1, 0.15) is 37.2 Å². The van der Waals surface area contributed by atoms with Crippen LogP contribution in [-0.4, -0.2) is 35.4 Å². The van der Waals surface area contributed by atoms with Crippen molar-refractivity contribution in [3.8, 4) is 0 Å². The zero-order chi connectivity index (χ0) is 13.1. The molecule has 1 aromatic heterocycles. The molecule has 1 atom stereocenters. The molecule has 1 aliphatic rings. The molecular formula is C14H21N3O. The minimum absolute atomic E-state index is 0.0586. The highest BCUT2D eigenvalue weighted by molar-refractivity contribution is 5.93. The summed E-state index contributed by atoms with van der Waals surface area (Å²) in [5, 5.41) is 3.04. The van der Waals surface area contributed by atoms with Gasteiger partial charge < -0.3 is 10.2 Å². The summed E-state index contributed by atoms with van der Waals surface area (Å²) >= 11 is 0. The molecule has 1 unspecified atom stereocenters. The number of amides is 1. The van der Waals surface area contributed by atoms with Crippen LogP contribution in [0.3, 0.4) is 0 Å². The zero-order valence-corrected chi connectivity index (χ0v) is 11.3. The number of nitrogens with one attached hydrogen (secondary N) is 1. The summed E-state index contributed by atoms with van der Waals surface area (Å²) < 4.78 is 0. The Balaban J connectivity index is 2.19. The van der Waals surface area contributed by atoms with Gasteiger partial charge >= 0.3 is 0 Å². The van der Waals surface area contributed by atoms with E-state index in [-0.39, 0.29) is 5.91 Å². The summed E-state index contributed by atoms with van der Waals surface area (Å²) in [4.78, 5) is 18.6. The number of nitrogens with zero attached hydrogens (tertiary/aromatic N) is 2. The van der Waals surface area contributed by atoms with Gasteiger partial charge in [-0.2, -0.15) is 0 Å². The Kier molecular flexibility index (Phi) is 3.84. The van der Waals surface area contributed by atoms with Crippen molar-refractivity contribution >= 4 is 11.6 Å². The molecule has 1 amide bonds. The standard InChI is InChI=1S/C14H21N3O/c1-10(2)13-5-4-8-17(13)14(18)12-9-11(15-3)6-7-16-12/h6-7,9-10,13H,4-5,8H2,1-3H3,(H,15,16). The molecule has 1 fully saturated rings. The quantitative estimate of drug-likeness (QED) is 0.892. The lowest BCUT2D eigenvalue weighted by Gasteiger charge is -2.27. The van der Waals surface area contributed by atoms with Crippen LogP contribution in [0.15, 0.2) is 18.3 Å². The topological polar surface area (TPSA) is 45.2 Å². The molecule has 1 aliphatic heterocycles. The van der Waals surface area contributed by atoms with Gasteiger partial charge in [-0.05, 0) is 30.9 Å². The first-order valence-electron chi connectivity index (χ1n) is 6.58. The number of pyridine rings is 1. The third-order valence-electron chi connectivity index (χ3n) is 3.60. The van der Waals surface area contributed by atoms with Crippen LogP contribution in [0.25, 0.3) is 0 Å². The van der Waals surface area contributed by atoms with Gasteiger partial charge in [-0.25, -0.2) is 0 Å². The molecule has 4 heteroatoms. The van der Waals surface area contributed by atoms with Crippen molar-refractivity contribution in [1.29, 1.82) is 0 Å². The van der Waals surface area contributed by atoms with Gasteiger partial charge in [0.2, 0.25) is 0 Å². The van der Waals surface area contributed by atoms with Gasteiger partial charge in [-0.3, -0.25) is 9.78 Å². The van der Waals surface area contributed by atoms with Crippen LogP contribution in [0.2, 0.25) is 0 Å². The normalized spacial score (nSPS) is 19.3. The molecule has 1 N–H and O–H groups in total. The van der Waals surface area contributed by atoms with Crippen LogP contribution < -0.4 is 5.32 Å². The summed E-state index contributed by atoms with van der Waals surface area (Å²) in [5.41, 5.74) is 1.46. The van der Waals surface area contributed by atoms with E-state index in [0.29, 0.717) is 17.7 Å². The van der Waals surface area contributed by atoms with Gasteiger partial charge in [0.25, 0.3) is 5.91 Å². The number of carbonyl (C=O) groups is 1. The van der Waals surface area contributed by atoms with E-state index in [1.165, 1.54) is 0 Å². The molecule has 4 nitrogen and oxygen atoms in total. The lowest BCUT2D eigenvalue weighted by Crippen LogP contribution is -2.38. The predicted molar refractivity (Wildman–Crippen MR) is 72.7 cm³/mol. The fourth-order valence-corrected chi connectivity index (χ4v) is 2.59. The Morgan fingerprint density at radius 1 is 1.56 bits per heavy atom. The molecular weight excluding hydrogens is 226 g/mol. The number of hydrogen-bond donors (Lipinski definition) is 1. The van der Waals surface area contributed by atoms with Crippen molar-refractivity contribution in [3.63, 3.8) is 0 Å². The molecule has 0 aromatic carbocycles. The number of likely N-dealkylation sites (tertiary alicyclic amines) is 1. The maximum absolute atomic E-state index is 12.5. The number of anilines is 1. The zero-order valence-electron chi connectivity index (χ0n) is 11.3. The molecule has 98 valence electrons. The van der Waals surface area contributed by atoms with Gasteiger partial charge in [-0.1, -0.05) is 13.8 Å². The van der Waals surface area contributed by atoms with E-state index >= 15 is 0 Å². The number of rotatable bonds is 3. The summed E-state index contributed by atoms with van der Waals surface area (Å²) in [6, 6.07) is 4.04. The summed E-state index contributed by atoms with van der Waals surface area (Å²) in [6.07, 6.45) is 3.88. The average molecular weight is 247 g/mol. The Morgan fingerprint density at radius 3 is 3.00 bits per heavy atom. The number of aromatic nitrogens is 1. The first-order valence-corrected chi connectivity index (χ1v) is 6.58. The predicted octanol–water partition coefficient (Wildman–Crippen LogP) is 2.38. The van der Waals surface area contributed by atoms with Gasteiger partial charge in [0.1, 0.15) is 5.69 Å². The molecule has 0 radical (unpaired) electrons.